The molecule has 0 aliphatic carbocycles. The van der Waals surface area contributed by atoms with Gasteiger partial charge >= 0.3 is 5.97 Å². The van der Waals surface area contributed by atoms with Crippen LogP contribution in [0.1, 0.15) is 17.3 Å². The van der Waals surface area contributed by atoms with E-state index in [4.69, 9.17) is 4.74 Å². The van der Waals surface area contributed by atoms with E-state index in [1.807, 2.05) is 30.3 Å². The third-order valence-corrected chi connectivity index (χ3v) is 7.94. The molecule has 0 saturated carbocycles. The van der Waals surface area contributed by atoms with Gasteiger partial charge in [-0.05, 0) is 101 Å². The molecule has 0 aliphatic rings. The van der Waals surface area contributed by atoms with E-state index in [2.05, 4.69) is 73.7 Å². The summed E-state index contributed by atoms with van der Waals surface area (Å²) < 4.78 is 9.03. The SMILES string of the molecule is CCOC(=O)c1c(-c2cc3cc(Br)c(Br)cc3[nH]2)[nH]c2cc(Br)c(Br)cc12. The molecule has 2 heterocycles. The molecule has 2 aromatic heterocycles. The highest BCUT2D eigenvalue weighted by Crippen LogP contribution is 2.37. The molecule has 0 saturated heterocycles. The van der Waals surface area contributed by atoms with E-state index >= 15 is 0 Å². The van der Waals surface area contributed by atoms with E-state index in [9.17, 15) is 4.79 Å². The second kappa shape index (κ2) is 7.39. The van der Waals surface area contributed by atoms with Crippen molar-refractivity contribution in [1.82, 2.24) is 9.97 Å². The van der Waals surface area contributed by atoms with Crippen molar-refractivity contribution >= 4 is 91.5 Å². The second-order valence-corrected chi connectivity index (χ2v) is 9.36. The smallest absolute Gasteiger partial charge is 0.341 e. The number of aromatic amines is 2. The van der Waals surface area contributed by atoms with Crippen molar-refractivity contribution < 1.29 is 9.53 Å². The van der Waals surface area contributed by atoms with Crippen LogP contribution in [0.2, 0.25) is 0 Å². The summed E-state index contributed by atoms with van der Waals surface area (Å²) in [6.07, 6.45) is 0. The Kier molecular flexibility index (Phi) is 5.26. The van der Waals surface area contributed by atoms with Gasteiger partial charge in [-0.3, -0.25) is 0 Å². The summed E-state index contributed by atoms with van der Waals surface area (Å²) >= 11 is 14.1. The highest BCUT2D eigenvalue weighted by atomic mass is 79.9. The molecule has 0 bridgehead atoms. The lowest BCUT2D eigenvalue weighted by atomic mass is 10.1. The van der Waals surface area contributed by atoms with Gasteiger partial charge in [0.05, 0.1) is 23.6 Å². The number of halogens is 4. The van der Waals surface area contributed by atoms with E-state index in [1.165, 1.54) is 0 Å². The number of aromatic nitrogens is 2. The first kappa shape index (κ1) is 19.2. The number of carbonyl (C=O) groups excluding carboxylic acids is 1. The van der Waals surface area contributed by atoms with Crippen molar-refractivity contribution in [3.63, 3.8) is 0 Å². The average molecular weight is 620 g/mol. The van der Waals surface area contributed by atoms with Crippen LogP contribution in [0.25, 0.3) is 33.2 Å². The summed E-state index contributed by atoms with van der Waals surface area (Å²) in [5.41, 5.74) is 3.86. The van der Waals surface area contributed by atoms with Crippen molar-refractivity contribution in [2.24, 2.45) is 0 Å². The number of carbonyl (C=O) groups is 1. The largest absolute Gasteiger partial charge is 0.462 e. The Labute approximate surface area is 188 Å². The van der Waals surface area contributed by atoms with Gasteiger partial charge < -0.3 is 14.7 Å². The van der Waals surface area contributed by atoms with Crippen molar-refractivity contribution in [3.05, 3.63) is 53.8 Å². The average Bonchev–Trinajstić information content (AvgIpc) is 3.17. The minimum absolute atomic E-state index is 0.315. The summed E-state index contributed by atoms with van der Waals surface area (Å²) in [7, 11) is 0. The Morgan fingerprint density at radius 2 is 1.52 bits per heavy atom. The van der Waals surface area contributed by atoms with E-state index in [0.29, 0.717) is 17.9 Å². The Bertz CT molecular complexity index is 1170. The molecule has 0 atom stereocenters. The molecule has 27 heavy (non-hydrogen) atoms. The number of esters is 1. The van der Waals surface area contributed by atoms with Gasteiger partial charge in [-0.15, -0.1) is 0 Å². The molecule has 0 fully saturated rings. The number of nitrogens with one attached hydrogen (secondary N) is 2. The van der Waals surface area contributed by atoms with E-state index in [-0.39, 0.29) is 5.97 Å². The monoisotopic (exact) mass is 616 g/mol. The molecule has 4 rings (SSSR count). The van der Waals surface area contributed by atoms with E-state index in [0.717, 1.165) is 45.4 Å². The normalized spacial score (nSPS) is 11.4. The number of fused-ring (bicyclic) bond motifs is 2. The molecule has 4 aromatic rings. The van der Waals surface area contributed by atoms with Crippen molar-refractivity contribution in [3.8, 4) is 11.4 Å². The van der Waals surface area contributed by atoms with Crippen LogP contribution in [-0.4, -0.2) is 22.5 Å². The maximum atomic E-state index is 12.7. The van der Waals surface area contributed by atoms with Gasteiger partial charge in [-0.25, -0.2) is 4.79 Å². The molecule has 4 nitrogen and oxygen atoms in total. The minimum atomic E-state index is -0.353. The zero-order valence-corrected chi connectivity index (χ0v) is 20.3. The molecule has 8 heteroatoms. The van der Waals surface area contributed by atoms with Crippen LogP contribution in [0.15, 0.2) is 48.2 Å². The first-order chi connectivity index (χ1) is 12.9. The fourth-order valence-corrected chi connectivity index (χ4v) is 4.46. The summed E-state index contributed by atoms with van der Waals surface area (Å²) in [6, 6.07) is 9.91. The molecule has 2 aromatic carbocycles. The lowest BCUT2D eigenvalue weighted by molar-refractivity contribution is 0.0529. The number of hydrogen-bond donors (Lipinski definition) is 2. The van der Waals surface area contributed by atoms with Crippen molar-refractivity contribution in [2.75, 3.05) is 6.61 Å². The van der Waals surface area contributed by atoms with E-state index in [1.54, 1.807) is 6.92 Å². The van der Waals surface area contributed by atoms with Crippen LogP contribution in [0.3, 0.4) is 0 Å². The van der Waals surface area contributed by atoms with Gasteiger partial charge in [0, 0.05) is 39.7 Å². The molecule has 0 spiro atoms. The van der Waals surface area contributed by atoms with Crippen molar-refractivity contribution in [2.45, 2.75) is 6.92 Å². The zero-order chi connectivity index (χ0) is 19.3. The van der Waals surface area contributed by atoms with Crippen molar-refractivity contribution in [1.29, 1.82) is 0 Å². The molecule has 0 radical (unpaired) electrons. The third kappa shape index (κ3) is 3.41. The summed E-state index contributed by atoms with van der Waals surface area (Å²) in [5, 5.41) is 1.84. The highest BCUT2D eigenvalue weighted by Gasteiger charge is 2.23. The predicted molar refractivity (Wildman–Crippen MR) is 122 cm³/mol. The fourth-order valence-electron chi connectivity index (χ4n) is 3.07. The summed E-state index contributed by atoms with van der Waals surface area (Å²) in [4.78, 5) is 19.5. The third-order valence-electron chi connectivity index (χ3n) is 4.25. The van der Waals surface area contributed by atoms with Gasteiger partial charge in [0.2, 0.25) is 0 Å². The molecule has 2 N–H and O–H groups in total. The second-order valence-electron chi connectivity index (χ2n) is 5.94. The van der Waals surface area contributed by atoms with Crippen LogP contribution >= 0.6 is 63.7 Å². The van der Waals surface area contributed by atoms with Gasteiger partial charge in [-0.2, -0.15) is 0 Å². The number of hydrogen-bond acceptors (Lipinski definition) is 2. The van der Waals surface area contributed by atoms with E-state index < -0.39 is 0 Å². The van der Waals surface area contributed by atoms with Crippen LogP contribution < -0.4 is 0 Å². The topological polar surface area (TPSA) is 57.9 Å². The number of rotatable bonds is 3. The quantitative estimate of drug-likeness (QED) is 0.233. The minimum Gasteiger partial charge on any atom is -0.462 e. The summed E-state index contributed by atoms with van der Waals surface area (Å²) in [6.45, 7) is 2.12. The number of ether oxygens (including phenoxy) is 1. The molecule has 0 amide bonds. The first-order valence-corrected chi connectivity index (χ1v) is 11.2. The Balaban J connectivity index is 2.00. The molecule has 138 valence electrons. The zero-order valence-electron chi connectivity index (χ0n) is 13.9. The van der Waals surface area contributed by atoms with Gasteiger partial charge in [0.1, 0.15) is 0 Å². The Morgan fingerprint density at radius 3 is 2.22 bits per heavy atom. The van der Waals surface area contributed by atoms with Gasteiger partial charge in [0.15, 0.2) is 0 Å². The van der Waals surface area contributed by atoms with Crippen LogP contribution in [0, 0.1) is 0 Å². The maximum Gasteiger partial charge on any atom is 0.341 e. The van der Waals surface area contributed by atoms with Crippen LogP contribution in [0.4, 0.5) is 0 Å². The standard InChI is InChI=1S/C19H12Br4N2O2/c1-2-27-19(26)17-9-5-11(21)13(23)7-15(9)25-18(17)16-4-8-3-10(20)12(22)6-14(8)24-16/h3-7,24-25H,2H2,1H3. The maximum absolute atomic E-state index is 12.7. The number of H-pyrrole nitrogens is 2. The molecule has 0 aliphatic heterocycles. The summed E-state index contributed by atoms with van der Waals surface area (Å²) in [5.74, 6) is -0.353. The Morgan fingerprint density at radius 1 is 0.889 bits per heavy atom. The lowest BCUT2D eigenvalue weighted by Gasteiger charge is -2.04. The lowest BCUT2D eigenvalue weighted by Crippen LogP contribution is -2.05. The van der Waals surface area contributed by atoms with Gasteiger partial charge in [0.25, 0.3) is 0 Å². The van der Waals surface area contributed by atoms with Crippen LogP contribution in [0.5, 0.6) is 0 Å². The van der Waals surface area contributed by atoms with Gasteiger partial charge in [-0.1, -0.05) is 0 Å². The fraction of sp³-hybridized carbons (Fsp3) is 0.105. The first-order valence-electron chi connectivity index (χ1n) is 8.05. The highest BCUT2D eigenvalue weighted by molar-refractivity contribution is 9.13. The van der Waals surface area contributed by atoms with Crippen LogP contribution in [-0.2, 0) is 4.74 Å². The molecule has 0 unspecified atom stereocenters. The predicted octanol–water partition coefficient (Wildman–Crippen LogP) is 7.54. The molecular formula is C19H12Br4N2O2. The number of benzene rings is 2. The Hall–Kier alpha value is -1.09. The molecular weight excluding hydrogens is 608 g/mol.